The van der Waals surface area contributed by atoms with Crippen LogP contribution >= 0.6 is 23.5 Å². The van der Waals surface area contributed by atoms with Crippen LogP contribution in [0.3, 0.4) is 0 Å². The summed E-state index contributed by atoms with van der Waals surface area (Å²) in [5.41, 5.74) is 0. The van der Waals surface area contributed by atoms with E-state index in [9.17, 15) is 34.5 Å². The van der Waals surface area contributed by atoms with Gasteiger partial charge in [-0.05, 0) is 61.4 Å². The molecule has 0 aromatic heterocycles. The molecule has 6 rings (SSSR count). The zero-order valence-corrected chi connectivity index (χ0v) is 32.0. The molecule has 2 aliphatic heterocycles. The summed E-state index contributed by atoms with van der Waals surface area (Å²) in [6, 6.07) is 40.1. The van der Waals surface area contributed by atoms with Gasteiger partial charge in [0.25, 0.3) is 0 Å². The second-order valence-electron chi connectivity index (χ2n) is 10.4. The van der Waals surface area contributed by atoms with Crippen molar-refractivity contribution in [3.63, 3.8) is 0 Å². The van der Waals surface area contributed by atoms with Crippen molar-refractivity contribution in [2.45, 2.75) is 92.5 Å². The molecule has 2 heterocycles. The Morgan fingerprint density at radius 3 is 0.885 bits per heavy atom. The molecule has 0 fully saturated rings. The molecule has 2 nitrogen and oxygen atoms in total. The molecule has 0 atom stereocenters. The third-order valence-corrected chi connectivity index (χ3v) is 14.5. The van der Waals surface area contributed by atoms with Gasteiger partial charge in [0.2, 0.25) is 0 Å². The molecule has 0 unspecified atom stereocenters. The normalized spacial score (nSPS) is 13.3. The first-order valence-corrected chi connectivity index (χ1v) is 20.0. The summed E-state index contributed by atoms with van der Waals surface area (Å²) in [6.07, 6.45) is 4.62. The number of nitriles is 2. The van der Waals surface area contributed by atoms with Gasteiger partial charge < -0.3 is 34.5 Å². The molecule has 52 heavy (non-hydrogen) atoms. The van der Waals surface area contributed by atoms with Crippen molar-refractivity contribution in [1.82, 2.24) is 0 Å². The summed E-state index contributed by atoms with van der Waals surface area (Å²) in [7, 11) is -12.1. The third kappa shape index (κ3) is 14.2. The smallest absolute Gasteiger partial charge is 0.418 e. The quantitative estimate of drug-likeness (QED) is 0.111. The Bertz CT molecular complexity index is 1620. The van der Waals surface area contributed by atoms with Crippen LogP contribution in [0.1, 0.15) is 53.4 Å². The first-order valence-electron chi connectivity index (χ1n) is 15.9. The van der Waals surface area contributed by atoms with Gasteiger partial charge in [-0.3, -0.25) is 0 Å². The van der Waals surface area contributed by atoms with Crippen LogP contribution in [0.15, 0.2) is 146 Å². The van der Waals surface area contributed by atoms with Crippen LogP contribution in [0.25, 0.3) is 0 Å². The summed E-state index contributed by atoms with van der Waals surface area (Å²) in [6.45, 7) is 7.57. The van der Waals surface area contributed by atoms with E-state index in [-0.39, 0.29) is 21.8 Å². The summed E-state index contributed by atoms with van der Waals surface area (Å²) in [5.74, 6) is 0. The summed E-state index contributed by atoms with van der Waals surface area (Å²) >= 11 is 3.89. The third-order valence-electron chi connectivity index (χ3n) is 6.47. The molecule has 0 amide bonds. The number of allylic oxidation sites excluding steroid dienone is 2. The van der Waals surface area contributed by atoms with Gasteiger partial charge in [0.1, 0.15) is 21.8 Å². The van der Waals surface area contributed by atoms with E-state index < -0.39 is 14.5 Å². The van der Waals surface area contributed by atoms with Crippen molar-refractivity contribution < 1.29 is 34.5 Å². The standard InChI is InChI=1S/C32H30S4.2C2H3N.2BF4/c1-3-13-31(35-27-19-9-5-15-23(27)33-24-16-6-10-20-28(24)35)32(14-4-2)36-29-21-11-7-17-25(29)34-26-18-8-12-22-30(26)36;2*1-2-3;2*2-1(3,4)5/h5-12,15-22H,3-4,13-14H2,1-2H3;2*1H3;;/q+2;;;2*-1/b32-31+;;;;. The van der Waals surface area contributed by atoms with Crippen LogP contribution in [0.2, 0.25) is 0 Å². The predicted molar refractivity (Wildman–Crippen MR) is 202 cm³/mol. The Labute approximate surface area is 315 Å². The largest absolute Gasteiger partial charge is 0.673 e. The fourth-order valence-corrected chi connectivity index (χ4v) is 13.7. The molecule has 0 aliphatic carbocycles. The lowest BCUT2D eigenvalue weighted by molar-refractivity contribution is 0.366. The summed E-state index contributed by atoms with van der Waals surface area (Å²) < 4.78 is 78.0. The highest BCUT2D eigenvalue weighted by Crippen LogP contribution is 2.54. The highest BCUT2D eigenvalue weighted by molar-refractivity contribution is 8.08. The van der Waals surface area contributed by atoms with E-state index in [0.29, 0.717) is 0 Å². The Morgan fingerprint density at radius 2 is 0.692 bits per heavy atom. The second-order valence-corrected chi connectivity index (χ2v) is 16.5. The molecule has 2 aliphatic rings. The number of fused-ring (bicyclic) bond motifs is 4. The van der Waals surface area contributed by atoms with Gasteiger partial charge >= 0.3 is 14.5 Å². The second kappa shape index (κ2) is 21.9. The highest BCUT2D eigenvalue weighted by atomic mass is 32.2. The number of nitrogens with zero attached hydrogens (tertiary/aromatic N) is 2. The van der Waals surface area contributed by atoms with Gasteiger partial charge in [-0.1, -0.05) is 85.9 Å². The lowest BCUT2D eigenvalue weighted by atomic mass is 10.2. The molecule has 0 radical (unpaired) electrons. The average molecular weight is 799 g/mol. The highest BCUT2D eigenvalue weighted by Gasteiger charge is 2.48. The molecule has 0 saturated carbocycles. The number of hydrogen-bond donors (Lipinski definition) is 0. The van der Waals surface area contributed by atoms with Crippen LogP contribution in [-0.2, 0) is 21.8 Å². The van der Waals surface area contributed by atoms with Gasteiger partial charge in [0.05, 0.1) is 31.7 Å². The average Bonchev–Trinajstić information content (AvgIpc) is 3.07. The van der Waals surface area contributed by atoms with E-state index in [1.165, 1.54) is 65.9 Å². The van der Waals surface area contributed by atoms with Crippen molar-refractivity contribution in [3.05, 3.63) is 107 Å². The molecule has 4 aromatic carbocycles. The number of benzene rings is 4. The molecule has 4 aromatic rings. The van der Waals surface area contributed by atoms with Crippen LogP contribution in [-0.4, -0.2) is 14.5 Å². The monoisotopic (exact) mass is 798 g/mol. The van der Waals surface area contributed by atoms with E-state index in [1.54, 1.807) is 21.9 Å². The van der Waals surface area contributed by atoms with Gasteiger partial charge in [0, 0.05) is 26.7 Å². The Kier molecular flexibility index (Phi) is 18.9. The van der Waals surface area contributed by atoms with Crippen molar-refractivity contribution in [2.75, 3.05) is 0 Å². The first-order chi connectivity index (χ1) is 24.6. The van der Waals surface area contributed by atoms with Crippen molar-refractivity contribution in [2.24, 2.45) is 0 Å². The molecule has 276 valence electrons. The molecular formula is C36H36B2F8N2S4. The SMILES string of the molecule is CC#N.CC#N.CCC/C(=C(/CCC)[S+]1c2ccccc2Sc2ccccc21)[S+]1c2ccccc2Sc2ccccc21.F[B-](F)(F)F.F[B-](F)(F)F. The lowest BCUT2D eigenvalue weighted by Crippen LogP contribution is -2.20. The maximum Gasteiger partial charge on any atom is 0.673 e. The van der Waals surface area contributed by atoms with Crippen LogP contribution in [0, 0.1) is 22.7 Å². The van der Waals surface area contributed by atoms with E-state index in [2.05, 4.69) is 111 Å². The van der Waals surface area contributed by atoms with Gasteiger partial charge in [-0.15, -0.1) is 0 Å². The maximum atomic E-state index is 9.75. The molecule has 16 heteroatoms. The minimum atomic E-state index is -6.00. The number of rotatable bonds is 6. The van der Waals surface area contributed by atoms with Crippen molar-refractivity contribution in [3.8, 4) is 12.1 Å². The van der Waals surface area contributed by atoms with Gasteiger partial charge in [-0.25, -0.2) is 0 Å². The molecular weight excluding hydrogens is 762 g/mol. The zero-order valence-electron chi connectivity index (χ0n) is 28.8. The van der Waals surface area contributed by atoms with Crippen molar-refractivity contribution >= 4 is 59.8 Å². The molecule has 0 bridgehead atoms. The Hall–Kier alpha value is -3.43. The van der Waals surface area contributed by atoms with E-state index in [1.807, 2.05) is 23.5 Å². The summed E-state index contributed by atoms with van der Waals surface area (Å²) in [4.78, 5) is 15.1. The van der Waals surface area contributed by atoms with Gasteiger partial charge in [0.15, 0.2) is 29.4 Å². The Balaban J connectivity index is 0.000000497. The van der Waals surface area contributed by atoms with Crippen LogP contribution in [0.5, 0.6) is 0 Å². The first kappa shape index (κ1) is 44.7. The minimum absolute atomic E-state index is 0.0601. The summed E-state index contributed by atoms with van der Waals surface area (Å²) in [5, 5.41) is 14.6. The molecule has 0 spiro atoms. The van der Waals surface area contributed by atoms with Gasteiger partial charge in [-0.2, -0.15) is 10.5 Å². The minimum Gasteiger partial charge on any atom is -0.418 e. The lowest BCUT2D eigenvalue weighted by Gasteiger charge is -2.24. The van der Waals surface area contributed by atoms with Crippen LogP contribution < -0.4 is 0 Å². The van der Waals surface area contributed by atoms with Crippen LogP contribution in [0.4, 0.5) is 34.5 Å². The zero-order chi connectivity index (χ0) is 38.9. The Morgan fingerprint density at radius 1 is 0.500 bits per heavy atom. The number of hydrogen-bond acceptors (Lipinski definition) is 4. The van der Waals surface area contributed by atoms with E-state index in [4.69, 9.17) is 10.5 Å². The maximum absolute atomic E-state index is 9.75. The predicted octanol–water partition coefficient (Wildman–Crippen LogP) is 13.9. The van der Waals surface area contributed by atoms with E-state index >= 15 is 0 Å². The van der Waals surface area contributed by atoms with E-state index in [0.717, 1.165) is 12.8 Å². The molecule has 0 N–H and O–H groups in total. The molecule has 0 saturated heterocycles. The fraction of sp³-hybridized carbons (Fsp3) is 0.222. The van der Waals surface area contributed by atoms with Crippen molar-refractivity contribution in [1.29, 1.82) is 10.5 Å². The topological polar surface area (TPSA) is 47.6 Å². The number of halogens is 8. The fourth-order valence-electron chi connectivity index (χ4n) is 4.98.